The second-order valence-electron chi connectivity index (χ2n) is 5.03. The zero-order valence-corrected chi connectivity index (χ0v) is 12.8. The molecule has 0 aliphatic carbocycles. The van der Waals surface area contributed by atoms with Crippen LogP contribution in [0.4, 0.5) is 4.39 Å². The SMILES string of the molecule is CCCCCCCCOc1cc(F)ccc1C#CCCO. The van der Waals surface area contributed by atoms with Crippen molar-refractivity contribution in [3.05, 3.63) is 29.6 Å². The number of hydrogen-bond donors (Lipinski definition) is 1. The Morgan fingerprint density at radius 2 is 1.90 bits per heavy atom. The van der Waals surface area contributed by atoms with Crippen LogP contribution in [0.3, 0.4) is 0 Å². The minimum atomic E-state index is -0.319. The summed E-state index contributed by atoms with van der Waals surface area (Å²) in [5.74, 6) is 5.92. The van der Waals surface area contributed by atoms with Crippen molar-refractivity contribution in [3.63, 3.8) is 0 Å². The van der Waals surface area contributed by atoms with Crippen LogP contribution < -0.4 is 4.74 Å². The molecule has 1 rings (SSSR count). The third kappa shape index (κ3) is 7.72. The zero-order chi connectivity index (χ0) is 15.3. The van der Waals surface area contributed by atoms with Crippen LogP contribution in [-0.2, 0) is 0 Å². The minimum absolute atomic E-state index is 0.0299. The number of ether oxygens (including phenoxy) is 1. The molecule has 2 nitrogen and oxygen atoms in total. The predicted octanol–water partition coefficient (Wildman–Crippen LogP) is 4.30. The van der Waals surface area contributed by atoms with Gasteiger partial charge in [0.25, 0.3) is 0 Å². The second-order valence-corrected chi connectivity index (χ2v) is 5.03. The van der Waals surface area contributed by atoms with E-state index in [2.05, 4.69) is 18.8 Å². The van der Waals surface area contributed by atoms with Crippen LogP contribution in [0.2, 0.25) is 0 Å². The van der Waals surface area contributed by atoms with Crippen molar-refractivity contribution in [2.45, 2.75) is 51.9 Å². The lowest BCUT2D eigenvalue weighted by Crippen LogP contribution is -1.99. The fourth-order valence-electron chi connectivity index (χ4n) is 2.00. The van der Waals surface area contributed by atoms with Crippen LogP contribution in [-0.4, -0.2) is 18.3 Å². The van der Waals surface area contributed by atoms with E-state index in [4.69, 9.17) is 9.84 Å². The summed E-state index contributed by atoms with van der Waals surface area (Å²) in [7, 11) is 0. The van der Waals surface area contributed by atoms with Crippen molar-refractivity contribution >= 4 is 0 Å². The van der Waals surface area contributed by atoms with Crippen molar-refractivity contribution in [1.82, 2.24) is 0 Å². The van der Waals surface area contributed by atoms with E-state index < -0.39 is 0 Å². The fourth-order valence-corrected chi connectivity index (χ4v) is 2.00. The van der Waals surface area contributed by atoms with Gasteiger partial charge in [0.05, 0.1) is 18.8 Å². The first-order valence-corrected chi connectivity index (χ1v) is 7.80. The highest BCUT2D eigenvalue weighted by Gasteiger charge is 2.03. The first kappa shape index (κ1) is 17.5. The molecule has 116 valence electrons. The van der Waals surface area contributed by atoms with E-state index >= 15 is 0 Å². The molecule has 3 heteroatoms. The van der Waals surface area contributed by atoms with Gasteiger partial charge in [-0.2, -0.15) is 0 Å². The average Bonchev–Trinajstić information content (AvgIpc) is 2.48. The molecule has 0 saturated carbocycles. The van der Waals surface area contributed by atoms with E-state index in [0.29, 0.717) is 24.3 Å². The van der Waals surface area contributed by atoms with E-state index in [1.807, 2.05) is 0 Å². The summed E-state index contributed by atoms with van der Waals surface area (Å²) in [6.07, 6.45) is 7.56. The fraction of sp³-hybridized carbons (Fsp3) is 0.556. The Bertz CT molecular complexity index is 460. The van der Waals surface area contributed by atoms with Gasteiger partial charge in [-0.1, -0.05) is 50.9 Å². The summed E-state index contributed by atoms with van der Waals surface area (Å²) in [6, 6.07) is 4.37. The molecule has 0 aliphatic heterocycles. The molecule has 0 atom stereocenters. The monoisotopic (exact) mass is 292 g/mol. The van der Waals surface area contributed by atoms with Crippen molar-refractivity contribution in [1.29, 1.82) is 0 Å². The molecule has 1 aromatic rings. The van der Waals surface area contributed by atoms with E-state index in [0.717, 1.165) is 12.8 Å². The molecule has 0 unspecified atom stereocenters. The van der Waals surface area contributed by atoms with Crippen LogP contribution in [0.5, 0.6) is 5.75 Å². The first-order chi connectivity index (χ1) is 10.3. The maximum Gasteiger partial charge on any atom is 0.137 e. The second kappa shape index (κ2) is 11.2. The van der Waals surface area contributed by atoms with Gasteiger partial charge >= 0.3 is 0 Å². The quantitative estimate of drug-likeness (QED) is 0.543. The Morgan fingerprint density at radius 3 is 2.67 bits per heavy atom. The molecule has 0 amide bonds. The summed E-state index contributed by atoms with van der Waals surface area (Å²) in [4.78, 5) is 0. The molecule has 0 fully saturated rings. The van der Waals surface area contributed by atoms with Gasteiger partial charge in [-0.25, -0.2) is 4.39 Å². The average molecular weight is 292 g/mol. The number of benzene rings is 1. The third-order valence-electron chi connectivity index (χ3n) is 3.16. The van der Waals surface area contributed by atoms with Crippen molar-refractivity contribution in [3.8, 4) is 17.6 Å². The summed E-state index contributed by atoms with van der Waals surface area (Å²) < 4.78 is 18.9. The Kier molecular flexibility index (Phi) is 9.32. The van der Waals surface area contributed by atoms with Gasteiger partial charge in [-0.05, 0) is 18.6 Å². The van der Waals surface area contributed by atoms with Crippen LogP contribution >= 0.6 is 0 Å². The Hall–Kier alpha value is -1.53. The predicted molar refractivity (Wildman–Crippen MR) is 83.9 cm³/mol. The third-order valence-corrected chi connectivity index (χ3v) is 3.16. The van der Waals surface area contributed by atoms with Gasteiger partial charge in [-0.3, -0.25) is 0 Å². The van der Waals surface area contributed by atoms with E-state index in [-0.39, 0.29) is 12.4 Å². The minimum Gasteiger partial charge on any atom is -0.492 e. The smallest absolute Gasteiger partial charge is 0.137 e. The molecule has 21 heavy (non-hydrogen) atoms. The zero-order valence-electron chi connectivity index (χ0n) is 12.8. The lowest BCUT2D eigenvalue weighted by molar-refractivity contribution is 0.302. The molecular weight excluding hydrogens is 267 g/mol. The van der Waals surface area contributed by atoms with Gasteiger partial charge in [0.15, 0.2) is 0 Å². The number of aliphatic hydroxyl groups excluding tert-OH is 1. The molecule has 0 spiro atoms. The number of halogens is 1. The molecule has 1 aromatic carbocycles. The number of hydrogen-bond acceptors (Lipinski definition) is 2. The van der Waals surface area contributed by atoms with Crippen LogP contribution in [0, 0.1) is 17.7 Å². The Balaban J connectivity index is 2.42. The largest absolute Gasteiger partial charge is 0.492 e. The first-order valence-electron chi connectivity index (χ1n) is 7.80. The highest BCUT2D eigenvalue weighted by atomic mass is 19.1. The lowest BCUT2D eigenvalue weighted by Gasteiger charge is -2.08. The molecule has 0 bridgehead atoms. The van der Waals surface area contributed by atoms with Gasteiger partial charge in [-0.15, -0.1) is 0 Å². The Morgan fingerprint density at radius 1 is 1.14 bits per heavy atom. The van der Waals surface area contributed by atoms with Crippen molar-refractivity contribution in [2.24, 2.45) is 0 Å². The topological polar surface area (TPSA) is 29.5 Å². The van der Waals surface area contributed by atoms with Crippen LogP contribution in [0.25, 0.3) is 0 Å². The lowest BCUT2D eigenvalue weighted by atomic mass is 10.1. The molecular formula is C18H25FO2. The molecule has 0 saturated heterocycles. The number of aliphatic hydroxyl groups is 1. The molecule has 0 aromatic heterocycles. The Labute approximate surface area is 127 Å². The van der Waals surface area contributed by atoms with Crippen molar-refractivity contribution in [2.75, 3.05) is 13.2 Å². The summed E-state index contributed by atoms with van der Waals surface area (Å²) in [5.41, 5.74) is 0.677. The normalized spacial score (nSPS) is 10.0. The van der Waals surface area contributed by atoms with E-state index in [1.165, 1.54) is 37.8 Å². The number of rotatable bonds is 9. The summed E-state index contributed by atoms with van der Waals surface area (Å²) in [5, 5.41) is 8.73. The van der Waals surface area contributed by atoms with Gasteiger partial charge in [0.2, 0.25) is 0 Å². The van der Waals surface area contributed by atoms with Gasteiger partial charge in [0.1, 0.15) is 11.6 Å². The standard InChI is InChI=1S/C18H25FO2/c1-2-3-4-5-6-9-14-21-18-15-17(19)12-11-16(18)10-7-8-13-20/h11-12,15,20H,2-6,8-9,13-14H2,1H3. The molecule has 0 radical (unpaired) electrons. The van der Waals surface area contributed by atoms with E-state index in [1.54, 1.807) is 6.07 Å². The van der Waals surface area contributed by atoms with E-state index in [9.17, 15) is 4.39 Å². The van der Waals surface area contributed by atoms with Gasteiger partial charge in [0, 0.05) is 12.5 Å². The molecule has 1 N–H and O–H groups in total. The molecule has 0 aliphatic rings. The number of unbranched alkanes of at least 4 members (excludes halogenated alkanes) is 5. The van der Waals surface area contributed by atoms with Crippen LogP contribution in [0.1, 0.15) is 57.4 Å². The summed E-state index contributed by atoms with van der Waals surface area (Å²) in [6.45, 7) is 2.82. The summed E-state index contributed by atoms with van der Waals surface area (Å²) >= 11 is 0. The maximum atomic E-state index is 13.3. The van der Waals surface area contributed by atoms with Crippen LogP contribution in [0.15, 0.2) is 18.2 Å². The maximum absolute atomic E-state index is 13.3. The van der Waals surface area contributed by atoms with Gasteiger partial charge < -0.3 is 9.84 Å². The molecule has 0 heterocycles. The van der Waals surface area contributed by atoms with Crippen molar-refractivity contribution < 1.29 is 14.2 Å². The highest BCUT2D eigenvalue weighted by molar-refractivity contribution is 5.46. The highest BCUT2D eigenvalue weighted by Crippen LogP contribution is 2.19.